The van der Waals surface area contributed by atoms with E-state index in [0.29, 0.717) is 29.5 Å². The lowest BCUT2D eigenvalue weighted by atomic mass is 10.1. The second-order valence-electron chi connectivity index (χ2n) is 7.16. The van der Waals surface area contributed by atoms with Crippen LogP contribution in [-0.4, -0.2) is 29.0 Å². The summed E-state index contributed by atoms with van der Waals surface area (Å²) >= 11 is 0. The molecular formula is C23H22N6O3. The summed E-state index contributed by atoms with van der Waals surface area (Å²) in [5, 5.41) is 8.63. The molecule has 3 amide bonds. The molecule has 0 radical (unpaired) electrons. The molecule has 32 heavy (non-hydrogen) atoms. The Morgan fingerprint density at radius 3 is 2.78 bits per heavy atom. The van der Waals surface area contributed by atoms with E-state index in [0.717, 1.165) is 16.8 Å². The number of hydrogen-bond donors (Lipinski definition) is 3. The molecule has 1 aliphatic rings. The zero-order chi connectivity index (χ0) is 22.7. The third-order valence-corrected chi connectivity index (χ3v) is 4.86. The number of aryl methyl sites for hydroxylation is 1. The van der Waals surface area contributed by atoms with Crippen LogP contribution in [0.15, 0.2) is 61.3 Å². The van der Waals surface area contributed by atoms with Gasteiger partial charge in [0.15, 0.2) is 0 Å². The minimum atomic E-state index is -0.328. The van der Waals surface area contributed by atoms with Crippen molar-refractivity contribution in [3.63, 3.8) is 0 Å². The summed E-state index contributed by atoms with van der Waals surface area (Å²) < 4.78 is 5.32. The van der Waals surface area contributed by atoms with Gasteiger partial charge in [-0.15, -0.1) is 0 Å². The molecule has 1 aliphatic heterocycles. The Morgan fingerprint density at radius 1 is 1.25 bits per heavy atom. The van der Waals surface area contributed by atoms with Crippen LogP contribution in [-0.2, 0) is 11.3 Å². The van der Waals surface area contributed by atoms with E-state index in [9.17, 15) is 9.59 Å². The number of para-hydroxylation sites is 2. The third-order valence-electron chi connectivity index (χ3n) is 4.86. The summed E-state index contributed by atoms with van der Waals surface area (Å²) in [6, 6.07) is 12.5. The monoisotopic (exact) mass is 430 g/mol. The molecular weight excluding hydrogens is 408 g/mol. The number of methoxy groups -OCH3 is 1. The second-order valence-corrected chi connectivity index (χ2v) is 7.16. The normalized spacial score (nSPS) is 12.4. The minimum absolute atomic E-state index is 0.287. The summed E-state index contributed by atoms with van der Waals surface area (Å²) in [5.74, 6) is 1.06. The first-order chi connectivity index (χ1) is 15.5. The van der Waals surface area contributed by atoms with E-state index >= 15 is 0 Å². The molecule has 9 nitrogen and oxygen atoms in total. The van der Waals surface area contributed by atoms with Crippen LogP contribution in [0.4, 0.5) is 33.6 Å². The molecule has 3 N–H and O–H groups in total. The lowest BCUT2D eigenvalue weighted by Crippen LogP contribution is -2.39. The molecule has 3 aromatic rings. The number of hydrogen-bond acceptors (Lipinski definition) is 6. The molecule has 4 rings (SSSR count). The Kier molecular flexibility index (Phi) is 5.71. The van der Waals surface area contributed by atoms with E-state index in [1.807, 2.05) is 31.2 Å². The summed E-state index contributed by atoms with van der Waals surface area (Å²) in [5.41, 5.74) is 3.64. The van der Waals surface area contributed by atoms with E-state index in [1.54, 1.807) is 36.4 Å². The zero-order valence-electron chi connectivity index (χ0n) is 17.7. The van der Waals surface area contributed by atoms with Crippen LogP contribution >= 0.6 is 0 Å². The topological polar surface area (TPSA) is 108 Å². The van der Waals surface area contributed by atoms with Crippen molar-refractivity contribution in [3.05, 3.63) is 72.4 Å². The number of nitrogens with one attached hydrogen (secondary N) is 3. The molecule has 0 unspecified atom stereocenters. The van der Waals surface area contributed by atoms with E-state index in [1.165, 1.54) is 6.08 Å². The lowest BCUT2D eigenvalue weighted by molar-refractivity contribution is -0.111. The van der Waals surface area contributed by atoms with Gasteiger partial charge in [0.25, 0.3) is 0 Å². The lowest BCUT2D eigenvalue weighted by Gasteiger charge is -2.29. The standard InChI is InChI=1S/C23H22N6O3/c1-4-20(30)25-18-7-5-6-8-19(18)26-22-24-12-15-13-29(23(31)28-21(15)27-22)16-9-14(2)10-17(11-16)32-3/h4-12H,1,13H2,2-3H3,(H,25,30)(H2,24,26,27,28,31). The molecule has 2 aromatic carbocycles. The quantitative estimate of drug-likeness (QED) is 0.506. The van der Waals surface area contributed by atoms with Gasteiger partial charge in [0.05, 0.1) is 25.0 Å². The van der Waals surface area contributed by atoms with E-state index in [-0.39, 0.29) is 17.9 Å². The van der Waals surface area contributed by atoms with Gasteiger partial charge in [-0.25, -0.2) is 9.78 Å². The number of urea groups is 1. The molecule has 0 atom stereocenters. The summed E-state index contributed by atoms with van der Waals surface area (Å²) in [7, 11) is 1.59. The van der Waals surface area contributed by atoms with Crippen LogP contribution in [0, 0.1) is 6.92 Å². The fourth-order valence-electron chi connectivity index (χ4n) is 3.32. The fraction of sp³-hybridized carbons (Fsp3) is 0.130. The number of aromatic nitrogens is 2. The predicted molar refractivity (Wildman–Crippen MR) is 124 cm³/mol. The molecule has 0 bridgehead atoms. The molecule has 2 heterocycles. The second kappa shape index (κ2) is 8.76. The largest absolute Gasteiger partial charge is 0.497 e. The van der Waals surface area contributed by atoms with Crippen LogP contribution in [0.5, 0.6) is 5.75 Å². The average Bonchev–Trinajstić information content (AvgIpc) is 2.79. The van der Waals surface area contributed by atoms with Crippen molar-refractivity contribution in [1.82, 2.24) is 9.97 Å². The highest BCUT2D eigenvalue weighted by atomic mass is 16.5. The van der Waals surface area contributed by atoms with Crippen molar-refractivity contribution in [1.29, 1.82) is 0 Å². The van der Waals surface area contributed by atoms with Gasteiger partial charge in [-0.3, -0.25) is 15.0 Å². The van der Waals surface area contributed by atoms with Crippen LogP contribution in [0.25, 0.3) is 0 Å². The third kappa shape index (κ3) is 4.36. The first-order valence-electron chi connectivity index (χ1n) is 9.86. The molecule has 162 valence electrons. The Hall–Kier alpha value is -4.40. The maximum atomic E-state index is 12.8. The minimum Gasteiger partial charge on any atom is -0.497 e. The van der Waals surface area contributed by atoms with Gasteiger partial charge < -0.3 is 15.4 Å². The molecule has 0 fully saturated rings. The summed E-state index contributed by atoms with van der Waals surface area (Å²) in [6.07, 6.45) is 2.85. The van der Waals surface area contributed by atoms with Crippen molar-refractivity contribution in [2.24, 2.45) is 0 Å². The first-order valence-corrected chi connectivity index (χ1v) is 9.86. The summed E-state index contributed by atoms with van der Waals surface area (Å²) in [4.78, 5) is 34.9. The van der Waals surface area contributed by atoms with E-state index in [2.05, 4.69) is 32.5 Å². The molecule has 9 heteroatoms. The SMILES string of the molecule is C=CC(=O)Nc1ccccc1Nc1ncc2c(n1)NC(=O)N(c1cc(C)cc(OC)c1)C2. The maximum Gasteiger partial charge on any atom is 0.327 e. The van der Waals surface area contributed by atoms with Crippen molar-refractivity contribution in [2.45, 2.75) is 13.5 Å². The molecule has 1 aromatic heterocycles. The Morgan fingerprint density at radius 2 is 2.03 bits per heavy atom. The van der Waals surface area contributed by atoms with Gasteiger partial charge in [-0.2, -0.15) is 4.98 Å². The number of carbonyl (C=O) groups excluding carboxylic acids is 2. The van der Waals surface area contributed by atoms with E-state index < -0.39 is 0 Å². The smallest absolute Gasteiger partial charge is 0.327 e. The van der Waals surface area contributed by atoms with Crippen molar-refractivity contribution >= 4 is 40.8 Å². The van der Waals surface area contributed by atoms with Crippen molar-refractivity contribution in [2.75, 3.05) is 28.0 Å². The molecule has 0 saturated carbocycles. The van der Waals surface area contributed by atoms with E-state index in [4.69, 9.17) is 4.74 Å². The van der Waals surface area contributed by atoms with Crippen LogP contribution in [0.1, 0.15) is 11.1 Å². The Bertz CT molecular complexity index is 1210. The maximum absolute atomic E-state index is 12.8. The van der Waals surface area contributed by atoms with Gasteiger partial charge in [0.2, 0.25) is 11.9 Å². The van der Waals surface area contributed by atoms with Gasteiger partial charge in [-0.1, -0.05) is 18.7 Å². The van der Waals surface area contributed by atoms with Gasteiger partial charge in [0, 0.05) is 23.5 Å². The van der Waals surface area contributed by atoms with Gasteiger partial charge >= 0.3 is 6.03 Å². The zero-order valence-corrected chi connectivity index (χ0v) is 17.7. The Labute approximate surface area is 185 Å². The molecule has 0 spiro atoms. The average molecular weight is 430 g/mol. The number of fused-ring (bicyclic) bond motifs is 1. The van der Waals surface area contributed by atoms with Gasteiger partial charge in [0.1, 0.15) is 11.6 Å². The number of carbonyl (C=O) groups is 2. The van der Waals surface area contributed by atoms with Crippen LogP contribution in [0.2, 0.25) is 0 Å². The number of ether oxygens (including phenoxy) is 1. The fourth-order valence-corrected chi connectivity index (χ4v) is 3.32. The number of benzene rings is 2. The molecule has 0 saturated heterocycles. The van der Waals surface area contributed by atoms with Gasteiger partial charge in [-0.05, 0) is 42.8 Å². The van der Waals surface area contributed by atoms with Crippen LogP contribution in [0.3, 0.4) is 0 Å². The first kappa shape index (κ1) is 20.9. The number of nitrogens with zero attached hydrogens (tertiary/aromatic N) is 3. The highest BCUT2D eigenvalue weighted by molar-refractivity contribution is 6.04. The number of amides is 3. The molecule has 0 aliphatic carbocycles. The Balaban J connectivity index is 1.57. The van der Waals surface area contributed by atoms with Crippen molar-refractivity contribution < 1.29 is 14.3 Å². The highest BCUT2D eigenvalue weighted by Crippen LogP contribution is 2.31. The van der Waals surface area contributed by atoms with Crippen molar-refractivity contribution in [3.8, 4) is 5.75 Å². The highest BCUT2D eigenvalue weighted by Gasteiger charge is 2.26. The predicted octanol–water partition coefficient (Wildman–Crippen LogP) is 4.21. The summed E-state index contributed by atoms with van der Waals surface area (Å²) in [6.45, 7) is 5.72. The van der Waals surface area contributed by atoms with Crippen LogP contribution < -0.4 is 25.6 Å². The number of anilines is 5. The number of rotatable bonds is 6.